The van der Waals surface area contributed by atoms with Gasteiger partial charge in [0.1, 0.15) is 24.9 Å². The van der Waals surface area contributed by atoms with Crippen molar-refractivity contribution in [2.75, 3.05) is 34.4 Å². The van der Waals surface area contributed by atoms with Crippen molar-refractivity contribution in [3.8, 4) is 0 Å². The number of likely N-dealkylation sites (N-methyl/N-ethyl adjacent to an activating group) is 1. The minimum Gasteiger partial charge on any atom is -0.465 e. The van der Waals surface area contributed by atoms with Crippen LogP contribution >= 0.6 is 0 Å². The van der Waals surface area contributed by atoms with Crippen molar-refractivity contribution in [2.45, 2.75) is 89.7 Å². The monoisotopic (exact) mass is 648 g/mol. The summed E-state index contributed by atoms with van der Waals surface area (Å²) in [6, 6.07) is 6.97. The number of benzene rings is 1. The van der Waals surface area contributed by atoms with Crippen LogP contribution in [0, 0.1) is 17.8 Å². The maximum atomic E-state index is 13.9. The number of cyclic esters (lactones) is 1. The Hall–Kier alpha value is -3.39. The Balaban J connectivity index is 2.07. The van der Waals surface area contributed by atoms with Crippen molar-refractivity contribution >= 4 is 30.1 Å². The average Bonchev–Trinajstić information content (AvgIpc) is 3.02. The van der Waals surface area contributed by atoms with Gasteiger partial charge in [0.15, 0.2) is 18.2 Å². The quantitative estimate of drug-likeness (QED) is 0.262. The molecule has 0 bridgehead atoms. The third-order valence-electron chi connectivity index (χ3n) is 9.00. The van der Waals surface area contributed by atoms with Gasteiger partial charge in [-0.1, -0.05) is 32.0 Å². The number of carboxylic acid groups (broad SMARTS) is 1. The minimum atomic E-state index is -1.36. The lowest BCUT2D eigenvalue weighted by atomic mass is 9.78. The highest BCUT2D eigenvalue weighted by atomic mass is 16.7. The van der Waals surface area contributed by atoms with Crippen LogP contribution in [0.4, 0.5) is 4.79 Å². The zero-order chi connectivity index (χ0) is 34.3. The molecule has 1 unspecified atom stereocenters. The summed E-state index contributed by atoms with van der Waals surface area (Å²) in [6.45, 7) is 7.81. The molecular formula is C33H48N2O11. The molecule has 2 saturated heterocycles. The first kappa shape index (κ1) is 37.1. The second kappa shape index (κ2) is 15.9. The summed E-state index contributed by atoms with van der Waals surface area (Å²) in [7, 11) is 5.19. The molecule has 2 fully saturated rings. The molecule has 0 spiro atoms. The molecule has 46 heavy (non-hydrogen) atoms. The topological polar surface area (TPSA) is 158 Å². The number of carbonyl (C=O) groups is 5. The van der Waals surface area contributed by atoms with Crippen LogP contribution < -0.4 is 0 Å². The van der Waals surface area contributed by atoms with E-state index in [9.17, 15) is 29.1 Å². The maximum Gasteiger partial charge on any atom is 0.408 e. The van der Waals surface area contributed by atoms with Gasteiger partial charge >= 0.3 is 18.0 Å². The lowest BCUT2D eigenvalue weighted by molar-refractivity contribution is -0.294. The Morgan fingerprint density at radius 2 is 1.76 bits per heavy atom. The molecule has 0 radical (unpaired) electrons. The van der Waals surface area contributed by atoms with Crippen molar-refractivity contribution in [1.82, 2.24) is 9.80 Å². The number of esters is 2. The van der Waals surface area contributed by atoms with Gasteiger partial charge in [0.05, 0.1) is 29.4 Å². The first-order chi connectivity index (χ1) is 21.6. The molecule has 0 saturated carbocycles. The number of carbonyl (C=O) groups excluding carboxylic acids is 4. The van der Waals surface area contributed by atoms with Crippen LogP contribution in [0.5, 0.6) is 0 Å². The van der Waals surface area contributed by atoms with Gasteiger partial charge in [-0.2, -0.15) is 0 Å². The van der Waals surface area contributed by atoms with Gasteiger partial charge in [0.25, 0.3) is 0 Å². The molecule has 3 rings (SSSR count). The third kappa shape index (κ3) is 8.69. The number of aldehydes is 1. The van der Waals surface area contributed by atoms with E-state index in [4.69, 9.17) is 23.7 Å². The highest BCUT2D eigenvalue weighted by molar-refractivity contribution is 6.00. The van der Waals surface area contributed by atoms with Gasteiger partial charge in [0.2, 0.25) is 0 Å². The molecular weight excluding hydrogens is 600 g/mol. The molecule has 1 aromatic carbocycles. The standard InChI is InChI=1S/C33H48N2O11/c1-19-15-33(5,42-8)28(21(3)26(37)22(4)29(38)43-18-24(17-36)35(16-19)32(40)41)46-31-27(25(34(6)7)14-20(2)44-31)45-30(39)23-12-10-9-11-13-23/h9-13,17,19-22,24-25,27-28,31H,14-16,18H2,1-8H3,(H,40,41)/t19-,20-,21+,22?,24-,25+,27-,28-,31+,33-/m1/s1. The fourth-order valence-electron chi connectivity index (χ4n) is 6.38. The van der Waals surface area contributed by atoms with Gasteiger partial charge in [-0.25, -0.2) is 9.59 Å². The predicted octanol–water partition coefficient (Wildman–Crippen LogP) is 3.04. The van der Waals surface area contributed by atoms with Crippen molar-refractivity contribution in [1.29, 1.82) is 0 Å². The molecule has 0 aliphatic carbocycles. The summed E-state index contributed by atoms with van der Waals surface area (Å²) in [6.07, 6.45) is -3.65. The van der Waals surface area contributed by atoms with Crippen molar-refractivity contribution in [3.63, 3.8) is 0 Å². The maximum absolute atomic E-state index is 13.9. The fourth-order valence-corrected chi connectivity index (χ4v) is 6.38. The van der Waals surface area contributed by atoms with Gasteiger partial charge in [-0.15, -0.1) is 0 Å². The van der Waals surface area contributed by atoms with Gasteiger partial charge in [-0.05, 0) is 65.8 Å². The molecule has 2 aliphatic rings. The van der Waals surface area contributed by atoms with E-state index in [1.54, 1.807) is 51.1 Å². The predicted molar refractivity (Wildman–Crippen MR) is 165 cm³/mol. The second-order valence-corrected chi connectivity index (χ2v) is 12.9. The Morgan fingerprint density at radius 1 is 1.11 bits per heavy atom. The molecule has 256 valence electrons. The summed E-state index contributed by atoms with van der Waals surface area (Å²) < 4.78 is 30.4. The third-order valence-corrected chi connectivity index (χ3v) is 9.00. The van der Waals surface area contributed by atoms with E-state index in [0.29, 0.717) is 18.3 Å². The van der Waals surface area contributed by atoms with Crippen LogP contribution in [0.1, 0.15) is 57.8 Å². The number of ether oxygens (including phenoxy) is 5. The summed E-state index contributed by atoms with van der Waals surface area (Å²) in [5, 5.41) is 9.91. The molecule has 10 atom stereocenters. The molecule has 13 heteroatoms. The summed E-state index contributed by atoms with van der Waals surface area (Å²) in [5.74, 6) is -4.60. The molecule has 1 N–H and O–H groups in total. The van der Waals surface area contributed by atoms with E-state index >= 15 is 0 Å². The zero-order valence-corrected chi connectivity index (χ0v) is 27.9. The number of Topliss-reactive ketones (excluding diaryl/α,β-unsaturated/α-hetero) is 1. The van der Waals surface area contributed by atoms with E-state index in [1.807, 2.05) is 25.9 Å². The lowest BCUT2D eigenvalue weighted by Crippen LogP contribution is -2.60. The number of nitrogens with zero attached hydrogens (tertiary/aromatic N) is 2. The van der Waals surface area contributed by atoms with Gasteiger partial charge in [0, 0.05) is 19.6 Å². The van der Waals surface area contributed by atoms with E-state index in [1.165, 1.54) is 14.0 Å². The molecule has 0 aromatic heterocycles. The molecule has 13 nitrogen and oxygen atoms in total. The Bertz CT molecular complexity index is 1230. The zero-order valence-electron chi connectivity index (χ0n) is 27.9. The van der Waals surface area contributed by atoms with Crippen LogP contribution in [-0.4, -0.2) is 122 Å². The fraction of sp³-hybridized carbons (Fsp3) is 0.667. The van der Waals surface area contributed by atoms with Crippen molar-refractivity contribution < 1.29 is 52.8 Å². The lowest BCUT2D eigenvalue weighted by Gasteiger charge is -2.47. The number of rotatable bonds is 7. The number of amides is 1. The highest BCUT2D eigenvalue weighted by Gasteiger charge is 2.50. The largest absolute Gasteiger partial charge is 0.465 e. The average molecular weight is 649 g/mol. The normalized spacial score (nSPS) is 34.9. The van der Waals surface area contributed by atoms with Crippen LogP contribution in [0.15, 0.2) is 30.3 Å². The molecule has 1 aromatic rings. The smallest absolute Gasteiger partial charge is 0.408 e. The number of hydrogen-bond donors (Lipinski definition) is 1. The van der Waals surface area contributed by atoms with Crippen LogP contribution in [0.3, 0.4) is 0 Å². The van der Waals surface area contributed by atoms with Crippen LogP contribution in [0.2, 0.25) is 0 Å². The molecule has 1 amide bonds. The Morgan fingerprint density at radius 3 is 2.33 bits per heavy atom. The van der Waals surface area contributed by atoms with Crippen LogP contribution in [0.25, 0.3) is 0 Å². The highest BCUT2D eigenvalue weighted by Crippen LogP contribution is 2.37. The Kier molecular flexibility index (Phi) is 12.8. The van der Waals surface area contributed by atoms with Crippen LogP contribution in [-0.2, 0) is 38.1 Å². The first-order valence-corrected chi connectivity index (χ1v) is 15.6. The van der Waals surface area contributed by atoms with E-state index in [0.717, 1.165) is 4.90 Å². The summed E-state index contributed by atoms with van der Waals surface area (Å²) in [4.78, 5) is 67.0. The first-order valence-electron chi connectivity index (χ1n) is 15.6. The summed E-state index contributed by atoms with van der Waals surface area (Å²) >= 11 is 0. The van der Waals surface area contributed by atoms with E-state index in [2.05, 4.69) is 0 Å². The number of methoxy groups -OCH3 is 1. The van der Waals surface area contributed by atoms with E-state index < -0.39 is 78.3 Å². The molecule has 2 heterocycles. The minimum absolute atomic E-state index is 0.0865. The SMILES string of the molecule is CO[C@]1(C)C[C@@H](C)CN(C(=O)O)[C@H](C=O)COC(=O)C(C)C(=O)[C@H](C)[C@H]1O[C@@H]1O[C@H](C)C[C@H](N(C)C)[C@H]1OC(=O)c1ccccc1. The van der Waals surface area contributed by atoms with Crippen molar-refractivity contribution in [3.05, 3.63) is 35.9 Å². The second-order valence-electron chi connectivity index (χ2n) is 12.9. The van der Waals surface area contributed by atoms with Gasteiger partial charge < -0.3 is 38.5 Å². The summed E-state index contributed by atoms with van der Waals surface area (Å²) in [5.41, 5.74) is -0.888. The molecule has 2 aliphatic heterocycles. The number of hydrogen-bond acceptors (Lipinski definition) is 11. The van der Waals surface area contributed by atoms with Gasteiger partial charge in [-0.3, -0.25) is 14.5 Å². The van der Waals surface area contributed by atoms with Crippen molar-refractivity contribution in [2.24, 2.45) is 17.8 Å². The number of ketones is 1. The van der Waals surface area contributed by atoms with E-state index in [-0.39, 0.29) is 25.1 Å². The Labute approximate surface area is 270 Å².